The Balaban J connectivity index is 2.57. The summed E-state index contributed by atoms with van der Waals surface area (Å²) >= 11 is 1.67. The van der Waals surface area contributed by atoms with Crippen molar-refractivity contribution >= 4 is 17.7 Å². The second kappa shape index (κ2) is 7.71. The Hall–Kier alpha value is -1.51. The van der Waals surface area contributed by atoms with Crippen LogP contribution in [0.25, 0.3) is 0 Å². The smallest absolute Gasteiger partial charge is 0.269 e. The van der Waals surface area contributed by atoms with Gasteiger partial charge in [0.2, 0.25) is 0 Å². The molecule has 1 amide bonds. The molecule has 0 radical (unpaired) electrons. The number of nitrogens with zero attached hydrogens (tertiary/aromatic N) is 1. The van der Waals surface area contributed by atoms with Crippen molar-refractivity contribution < 1.29 is 9.90 Å². The zero-order chi connectivity index (χ0) is 12.5. The molecule has 0 bridgehead atoms. The number of hydrogen-bond acceptors (Lipinski definition) is 4. The molecule has 1 aromatic heterocycles. The molecule has 0 atom stereocenters. The van der Waals surface area contributed by atoms with E-state index in [1.165, 1.54) is 6.20 Å². The third-order valence-electron chi connectivity index (χ3n) is 1.90. The van der Waals surface area contributed by atoms with Crippen LogP contribution in [0.4, 0.5) is 0 Å². The molecule has 0 aliphatic rings. The fourth-order valence-corrected chi connectivity index (χ4v) is 1.41. The Bertz CT molecular complexity index is 420. The number of aromatic nitrogens is 1. The molecule has 0 unspecified atom stereocenters. The summed E-state index contributed by atoms with van der Waals surface area (Å²) in [6.07, 6.45) is 3.51. The normalized spacial score (nSPS) is 9.29. The first-order valence-corrected chi connectivity index (χ1v) is 6.50. The van der Waals surface area contributed by atoms with Crippen molar-refractivity contribution in [2.24, 2.45) is 0 Å². The van der Waals surface area contributed by atoms with Gasteiger partial charge in [0, 0.05) is 24.1 Å². The minimum absolute atomic E-state index is 0.180. The number of carbonyl (C=O) groups is 1. The molecule has 0 aliphatic carbocycles. The fraction of sp³-hybridized carbons (Fsp3) is 0.333. The average Bonchev–Trinajstić information content (AvgIpc) is 2.37. The maximum absolute atomic E-state index is 11.6. The maximum atomic E-state index is 11.6. The zero-order valence-corrected chi connectivity index (χ0v) is 10.4. The van der Waals surface area contributed by atoms with Crippen LogP contribution in [0.15, 0.2) is 18.3 Å². The Morgan fingerprint density at radius 3 is 3.00 bits per heavy atom. The number of thioether (sulfide) groups is 1. The van der Waals surface area contributed by atoms with Gasteiger partial charge in [-0.1, -0.05) is 11.8 Å². The fourth-order valence-electron chi connectivity index (χ4n) is 1.10. The van der Waals surface area contributed by atoms with Crippen LogP contribution in [0.3, 0.4) is 0 Å². The minimum atomic E-state index is -0.184. The first kappa shape index (κ1) is 13.6. The van der Waals surface area contributed by atoms with Gasteiger partial charge in [0.1, 0.15) is 12.3 Å². The number of aliphatic hydroxyl groups is 1. The van der Waals surface area contributed by atoms with Gasteiger partial charge in [-0.15, -0.1) is 0 Å². The first-order chi connectivity index (χ1) is 8.27. The van der Waals surface area contributed by atoms with E-state index in [9.17, 15) is 4.79 Å². The summed E-state index contributed by atoms with van der Waals surface area (Å²) < 4.78 is 0. The van der Waals surface area contributed by atoms with Gasteiger partial charge in [-0.3, -0.25) is 4.79 Å². The van der Waals surface area contributed by atoms with E-state index in [-0.39, 0.29) is 12.5 Å². The molecule has 0 fully saturated rings. The quantitative estimate of drug-likeness (QED) is 0.604. The topological polar surface area (TPSA) is 62.2 Å². The number of pyridine rings is 1. The lowest BCUT2D eigenvalue weighted by Crippen LogP contribution is -2.26. The van der Waals surface area contributed by atoms with Gasteiger partial charge in [0.25, 0.3) is 5.91 Å². The number of nitrogens with one attached hydrogen (secondary N) is 1. The number of carbonyl (C=O) groups excluding carboxylic acids is 1. The van der Waals surface area contributed by atoms with Gasteiger partial charge in [-0.05, 0) is 18.4 Å². The second-order valence-electron chi connectivity index (χ2n) is 3.14. The van der Waals surface area contributed by atoms with Crippen molar-refractivity contribution in [3.63, 3.8) is 0 Å². The first-order valence-electron chi connectivity index (χ1n) is 5.11. The molecule has 0 saturated heterocycles. The van der Waals surface area contributed by atoms with Crippen molar-refractivity contribution in [3.8, 4) is 11.8 Å². The zero-order valence-electron chi connectivity index (χ0n) is 9.56. The van der Waals surface area contributed by atoms with Crippen LogP contribution in [-0.4, -0.2) is 41.2 Å². The van der Waals surface area contributed by atoms with E-state index in [1.807, 2.05) is 6.26 Å². The highest BCUT2D eigenvalue weighted by molar-refractivity contribution is 7.98. The van der Waals surface area contributed by atoms with Crippen LogP contribution in [0, 0.1) is 11.8 Å². The Morgan fingerprint density at radius 1 is 1.59 bits per heavy atom. The van der Waals surface area contributed by atoms with E-state index in [0.29, 0.717) is 17.8 Å². The third kappa shape index (κ3) is 4.89. The molecule has 4 nitrogen and oxygen atoms in total. The predicted molar refractivity (Wildman–Crippen MR) is 68.9 cm³/mol. The summed E-state index contributed by atoms with van der Waals surface area (Å²) in [5.74, 6) is 5.93. The molecule has 17 heavy (non-hydrogen) atoms. The number of aliphatic hydroxyl groups excluding tert-OH is 1. The van der Waals surface area contributed by atoms with Crippen molar-refractivity contribution in [2.75, 3.05) is 25.2 Å². The maximum Gasteiger partial charge on any atom is 0.269 e. The lowest BCUT2D eigenvalue weighted by atomic mass is 10.2. The van der Waals surface area contributed by atoms with E-state index >= 15 is 0 Å². The van der Waals surface area contributed by atoms with E-state index in [0.717, 1.165) is 5.75 Å². The second-order valence-corrected chi connectivity index (χ2v) is 4.13. The lowest BCUT2D eigenvalue weighted by Gasteiger charge is -2.02. The average molecular weight is 250 g/mol. The van der Waals surface area contributed by atoms with Crippen LogP contribution in [0.5, 0.6) is 0 Å². The molecule has 2 N–H and O–H groups in total. The van der Waals surface area contributed by atoms with Crippen molar-refractivity contribution in [1.29, 1.82) is 0 Å². The van der Waals surface area contributed by atoms with Crippen LogP contribution in [0.2, 0.25) is 0 Å². The summed E-state index contributed by atoms with van der Waals surface area (Å²) in [5.41, 5.74) is 1.06. The van der Waals surface area contributed by atoms with Crippen LogP contribution in [-0.2, 0) is 0 Å². The molecule has 0 aromatic carbocycles. The molecular formula is C12H14N2O2S. The Kier molecular flexibility index (Phi) is 6.15. The van der Waals surface area contributed by atoms with Gasteiger partial charge in [0.15, 0.2) is 0 Å². The van der Waals surface area contributed by atoms with E-state index in [2.05, 4.69) is 22.1 Å². The molecule has 0 aliphatic heterocycles. The van der Waals surface area contributed by atoms with Gasteiger partial charge >= 0.3 is 0 Å². The Morgan fingerprint density at radius 2 is 2.41 bits per heavy atom. The standard InChI is InChI=1S/C12H14N2O2S/c1-17-8-6-13-12(16)11-5-4-10(9-14-11)3-2-7-15/h4-5,9,15H,6-8H2,1H3,(H,13,16). The van der Waals surface area contributed by atoms with Crippen LogP contribution >= 0.6 is 11.8 Å². The summed E-state index contributed by atoms with van der Waals surface area (Å²) in [6.45, 7) is 0.449. The van der Waals surface area contributed by atoms with Crippen molar-refractivity contribution in [2.45, 2.75) is 0 Å². The van der Waals surface area contributed by atoms with Crippen molar-refractivity contribution in [1.82, 2.24) is 10.3 Å². The molecule has 1 aromatic rings. The molecule has 5 heteroatoms. The molecule has 0 spiro atoms. The summed E-state index contributed by atoms with van der Waals surface area (Å²) in [4.78, 5) is 15.6. The molecule has 1 heterocycles. The predicted octanol–water partition coefficient (Wildman–Crippen LogP) is 0.518. The van der Waals surface area contributed by atoms with Crippen LogP contribution < -0.4 is 5.32 Å². The highest BCUT2D eigenvalue weighted by Crippen LogP contribution is 1.99. The Labute approximate surface area is 105 Å². The molecule has 90 valence electrons. The van der Waals surface area contributed by atoms with E-state index in [4.69, 9.17) is 5.11 Å². The number of amides is 1. The van der Waals surface area contributed by atoms with E-state index < -0.39 is 0 Å². The minimum Gasteiger partial charge on any atom is -0.384 e. The number of hydrogen-bond donors (Lipinski definition) is 2. The highest BCUT2D eigenvalue weighted by atomic mass is 32.2. The molecule has 0 saturated carbocycles. The van der Waals surface area contributed by atoms with Gasteiger partial charge in [-0.2, -0.15) is 11.8 Å². The largest absolute Gasteiger partial charge is 0.384 e. The van der Waals surface area contributed by atoms with Gasteiger partial charge in [-0.25, -0.2) is 4.98 Å². The summed E-state index contributed by atoms with van der Waals surface area (Å²) in [7, 11) is 0. The molecule has 1 rings (SSSR count). The lowest BCUT2D eigenvalue weighted by molar-refractivity contribution is 0.0951. The highest BCUT2D eigenvalue weighted by Gasteiger charge is 2.05. The van der Waals surface area contributed by atoms with Gasteiger partial charge < -0.3 is 10.4 Å². The SMILES string of the molecule is CSCCNC(=O)c1ccc(C#CCO)cn1. The summed E-state index contributed by atoms with van der Waals surface area (Å²) in [6, 6.07) is 3.33. The van der Waals surface area contributed by atoms with Crippen LogP contribution in [0.1, 0.15) is 16.1 Å². The van der Waals surface area contributed by atoms with Crippen molar-refractivity contribution in [3.05, 3.63) is 29.6 Å². The van der Waals surface area contributed by atoms with Gasteiger partial charge in [0.05, 0.1) is 0 Å². The van der Waals surface area contributed by atoms with E-state index in [1.54, 1.807) is 23.9 Å². The summed E-state index contributed by atoms with van der Waals surface area (Å²) in [5, 5.41) is 11.3. The third-order valence-corrected chi connectivity index (χ3v) is 2.51. The monoisotopic (exact) mass is 250 g/mol. The molecular weight excluding hydrogens is 236 g/mol. The number of rotatable bonds is 4.